The molecule has 2 aromatic rings. The molecule has 1 fully saturated rings. The van der Waals surface area contributed by atoms with Gasteiger partial charge in [-0.3, -0.25) is 0 Å². The average molecular weight is 385 g/mol. The minimum atomic E-state index is 0.279. The molecule has 2 heterocycles. The van der Waals surface area contributed by atoms with Crippen molar-refractivity contribution in [1.29, 1.82) is 0 Å². The van der Waals surface area contributed by atoms with Gasteiger partial charge in [-0.05, 0) is 65.8 Å². The molecule has 4 nitrogen and oxygen atoms in total. The monoisotopic (exact) mass is 384 g/mol. The first-order valence-electron chi connectivity index (χ1n) is 10.6. The molecule has 5 rings (SSSR count). The van der Waals surface area contributed by atoms with Crippen LogP contribution in [0, 0.1) is 0 Å². The van der Waals surface area contributed by atoms with Crippen molar-refractivity contribution in [2.24, 2.45) is 0 Å². The number of allylic oxidation sites excluding steroid dienone is 3. The number of likely N-dealkylation sites (tertiary alicyclic amines) is 1. The second-order valence-corrected chi connectivity index (χ2v) is 8.75. The van der Waals surface area contributed by atoms with Crippen molar-refractivity contribution < 1.29 is 0 Å². The third-order valence-electron chi connectivity index (χ3n) is 6.59. The van der Waals surface area contributed by atoms with Crippen LogP contribution in [0.1, 0.15) is 59.9 Å². The van der Waals surface area contributed by atoms with E-state index in [1.165, 1.54) is 27.8 Å². The minimum absolute atomic E-state index is 0.279. The molecule has 0 saturated carbocycles. The SMILES string of the molecule is CC1CC=Cc2cc(C3CN(C)CC4=CC(c5ccc(N)nn5)CC=C43)ccc21. The first kappa shape index (κ1) is 18.3. The number of aromatic nitrogens is 2. The van der Waals surface area contributed by atoms with E-state index < -0.39 is 0 Å². The third kappa shape index (κ3) is 3.42. The van der Waals surface area contributed by atoms with E-state index in [0.717, 1.165) is 31.6 Å². The summed E-state index contributed by atoms with van der Waals surface area (Å²) in [7, 11) is 2.22. The molecule has 1 aromatic heterocycles. The Morgan fingerprint density at radius 1 is 1.10 bits per heavy atom. The van der Waals surface area contributed by atoms with Gasteiger partial charge in [-0.15, -0.1) is 5.10 Å². The summed E-state index contributed by atoms with van der Waals surface area (Å²) in [5, 5.41) is 8.36. The maximum absolute atomic E-state index is 5.71. The Morgan fingerprint density at radius 3 is 2.83 bits per heavy atom. The van der Waals surface area contributed by atoms with Gasteiger partial charge < -0.3 is 10.6 Å². The van der Waals surface area contributed by atoms with E-state index in [1.807, 2.05) is 12.1 Å². The van der Waals surface area contributed by atoms with Crippen LogP contribution in [0.3, 0.4) is 0 Å². The van der Waals surface area contributed by atoms with Crippen molar-refractivity contribution in [3.8, 4) is 0 Å². The van der Waals surface area contributed by atoms with Crippen molar-refractivity contribution in [1.82, 2.24) is 15.1 Å². The fourth-order valence-corrected chi connectivity index (χ4v) is 5.04. The Bertz CT molecular complexity index is 1020. The highest BCUT2D eigenvalue weighted by molar-refractivity contribution is 5.60. The van der Waals surface area contributed by atoms with Crippen LogP contribution in [-0.4, -0.2) is 35.2 Å². The number of piperidine rings is 1. The summed E-state index contributed by atoms with van der Waals surface area (Å²) < 4.78 is 0. The number of hydrogen-bond acceptors (Lipinski definition) is 4. The molecule has 0 amide bonds. The molecule has 3 atom stereocenters. The number of benzene rings is 1. The molecule has 1 aromatic carbocycles. The van der Waals surface area contributed by atoms with Gasteiger partial charge >= 0.3 is 0 Å². The van der Waals surface area contributed by atoms with Crippen LogP contribution in [0.5, 0.6) is 0 Å². The van der Waals surface area contributed by atoms with E-state index in [9.17, 15) is 0 Å². The lowest BCUT2D eigenvalue weighted by atomic mass is 9.76. The van der Waals surface area contributed by atoms with Gasteiger partial charge in [0, 0.05) is 24.9 Å². The maximum Gasteiger partial charge on any atom is 0.146 e. The fraction of sp³-hybridized carbons (Fsp3) is 0.360. The van der Waals surface area contributed by atoms with Crippen LogP contribution in [0.2, 0.25) is 0 Å². The molecule has 0 bridgehead atoms. The van der Waals surface area contributed by atoms with Gasteiger partial charge in [0.2, 0.25) is 0 Å². The van der Waals surface area contributed by atoms with Gasteiger partial charge in [0.1, 0.15) is 5.82 Å². The number of fused-ring (bicyclic) bond motifs is 2. The molecule has 2 N–H and O–H groups in total. The van der Waals surface area contributed by atoms with Crippen LogP contribution in [0.25, 0.3) is 6.08 Å². The van der Waals surface area contributed by atoms with Gasteiger partial charge in [0.05, 0.1) is 5.69 Å². The standard InChI is InChI=1S/C25H28N4/c1-16-4-3-5-17-12-18(6-8-21(16)17)23-15-29(2)14-20-13-19(7-9-22(20)23)24-10-11-25(26)28-27-24/h3,5-6,8-13,16,19,23H,4,7,14-15H2,1-2H3,(H2,26,28). The zero-order valence-electron chi connectivity index (χ0n) is 17.2. The molecule has 0 radical (unpaired) electrons. The van der Waals surface area contributed by atoms with Crippen LogP contribution in [-0.2, 0) is 0 Å². The van der Waals surface area contributed by atoms with Gasteiger partial charge in [-0.25, -0.2) is 0 Å². The van der Waals surface area contributed by atoms with Crippen molar-refractivity contribution in [2.45, 2.75) is 37.5 Å². The number of hydrogen-bond donors (Lipinski definition) is 1. The smallest absolute Gasteiger partial charge is 0.146 e. The van der Waals surface area contributed by atoms with E-state index in [0.29, 0.717) is 17.7 Å². The van der Waals surface area contributed by atoms with Crippen molar-refractivity contribution in [2.75, 3.05) is 25.9 Å². The Kier molecular flexibility index (Phi) is 4.59. The molecular formula is C25H28N4. The van der Waals surface area contributed by atoms with Crippen molar-refractivity contribution in [3.05, 3.63) is 82.1 Å². The molecule has 1 aliphatic heterocycles. The number of nitrogens with zero attached hydrogens (tertiary/aromatic N) is 3. The summed E-state index contributed by atoms with van der Waals surface area (Å²) in [6, 6.07) is 11.0. The first-order valence-corrected chi connectivity index (χ1v) is 10.6. The van der Waals surface area contributed by atoms with Crippen LogP contribution < -0.4 is 5.73 Å². The van der Waals surface area contributed by atoms with E-state index in [2.05, 4.69) is 71.6 Å². The number of rotatable bonds is 2. The van der Waals surface area contributed by atoms with Crippen molar-refractivity contribution in [3.63, 3.8) is 0 Å². The van der Waals surface area contributed by atoms with Crippen LogP contribution in [0.4, 0.5) is 5.82 Å². The lowest BCUT2D eigenvalue weighted by Crippen LogP contribution is -2.35. The van der Waals surface area contributed by atoms with Crippen LogP contribution >= 0.6 is 0 Å². The Hall–Kier alpha value is -2.72. The topological polar surface area (TPSA) is 55.0 Å². The van der Waals surface area contributed by atoms with Crippen LogP contribution in [0.15, 0.2) is 59.7 Å². The molecule has 0 spiro atoms. The van der Waals surface area contributed by atoms with E-state index in [4.69, 9.17) is 5.73 Å². The van der Waals surface area contributed by atoms with Gasteiger partial charge in [-0.2, -0.15) is 5.10 Å². The summed E-state index contributed by atoms with van der Waals surface area (Å²) >= 11 is 0. The molecule has 3 aliphatic rings. The molecule has 148 valence electrons. The summed E-state index contributed by atoms with van der Waals surface area (Å²) in [4.78, 5) is 2.43. The van der Waals surface area contributed by atoms with Crippen molar-refractivity contribution >= 4 is 11.9 Å². The third-order valence-corrected chi connectivity index (χ3v) is 6.59. The summed E-state index contributed by atoms with van der Waals surface area (Å²) in [5.74, 6) is 1.79. The highest BCUT2D eigenvalue weighted by Crippen LogP contribution is 2.42. The first-order chi connectivity index (χ1) is 14.1. The number of anilines is 1. The number of likely N-dealkylation sites (N-methyl/N-ethyl adjacent to an activating group) is 1. The summed E-state index contributed by atoms with van der Waals surface area (Å²) in [6.07, 6.45) is 11.6. The highest BCUT2D eigenvalue weighted by Gasteiger charge is 2.31. The van der Waals surface area contributed by atoms with E-state index in [1.54, 1.807) is 0 Å². The lowest BCUT2D eigenvalue weighted by molar-refractivity contribution is 0.323. The van der Waals surface area contributed by atoms with Gasteiger partial charge in [0.25, 0.3) is 0 Å². The molecule has 1 saturated heterocycles. The highest BCUT2D eigenvalue weighted by atomic mass is 15.1. The Labute approximate surface area is 172 Å². The van der Waals surface area contributed by atoms with Gasteiger partial charge in [-0.1, -0.05) is 49.4 Å². The average Bonchev–Trinajstić information content (AvgIpc) is 2.73. The second kappa shape index (κ2) is 7.27. The number of nitrogens with two attached hydrogens (primary N) is 1. The number of nitrogen functional groups attached to an aromatic ring is 1. The summed E-state index contributed by atoms with van der Waals surface area (Å²) in [5.41, 5.74) is 13.9. The molecule has 4 heteroatoms. The lowest BCUT2D eigenvalue weighted by Gasteiger charge is -2.37. The largest absolute Gasteiger partial charge is 0.382 e. The summed E-state index contributed by atoms with van der Waals surface area (Å²) in [6.45, 7) is 4.37. The molecule has 2 aliphatic carbocycles. The normalized spacial score (nSPS) is 26.3. The zero-order chi connectivity index (χ0) is 20.0. The second-order valence-electron chi connectivity index (χ2n) is 8.75. The predicted molar refractivity (Wildman–Crippen MR) is 119 cm³/mol. The quantitative estimate of drug-likeness (QED) is 0.819. The minimum Gasteiger partial charge on any atom is -0.382 e. The Balaban J connectivity index is 1.47. The Morgan fingerprint density at radius 2 is 2.00 bits per heavy atom. The molecule has 29 heavy (non-hydrogen) atoms. The maximum atomic E-state index is 5.71. The van der Waals surface area contributed by atoms with Gasteiger partial charge in [0.15, 0.2) is 0 Å². The molecular weight excluding hydrogens is 356 g/mol. The zero-order valence-corrected chi connectivity index (χ0v) is 17.2. The predicted octanol–water partition coefficient (Wildman–Crippen LogP) is 4.65. The molecule has 3 unspecified atom stereocenters. The van der Waals surface area contributed by atoms with E-state index >= 15 is 0 Å². The fourth-order valence-electron chi connectivity index (χ4n) is 5.04. The van der Waals surface area contributed by atoms with E-state index in [-0.39, 0.29) is 5.92 Å².